The molecule has 0 N–H and O–H groups in total. The van der Waals surface area contributed by atoms with E-state index in [4.69, 9.17) is 0 Å². The molecular formula is C60H40N2. The number of nitrogens with zero attached hydrogens (tertiary/aromatic N) is 2. The molecule has 0 saturated carbocycles. The van der Waals surface area contributed by atoms with Crippen molar-refractivity contribution in [1.82, 2.24) is 4.57 Å². The molecule has 0 aliphatic rings. The van der Waals surface area contributed by atoms with Crippen LogP contribution in [0.25, 0.3) is 93.2 Å². The minimum Gasteiger partial charge on any atom is -0.310 e. The van der Waals surface area contributed by atoms with Gasteiger partial charge in [-0.15, -0.1) is 0 Å². The molecule has 0 aliphatic carbocycles. The molecule has 0 aliphatic heterocycles. The minimum atomic E-state index is 1.09. The Morgan fingerprint density at radius 1 is 0.258 bits per heavy atom. The summed E-state index contributed by atoms with van der Waals surface area (Å²) in [5, 5.41) is 9.95. The highest BCUT2D eigenvalue weighted by Gasteiger charge is 2.20. The van der Waals surface area contributed by atoms with Gasteiger partial charge in [0, 0.05) is 33.5 Å². The lowest BCUT2D eigenvalue weighted by atomic mass is 9.86. The summed E-state index contributed by atoms with van der Waals surface area (Å²) < 4.78 is 2.38. The highest BCUT2D eigenvalue weighted by molar-refractivity contribution is 6.21. The Hall–Kier alpha value is -8.20. The minimum absolute atomic E-state index is 1.09. The summed E-state index contributed by atoms with van der Waals surface area (Å²) in [6, 6.07) is 88.4. The van der Waals surface area contributed by atoms with Gasteiger partial charge in [0.25, 0.3) is 0 Å². The fourth-order valence-electron chi connectivity index (χ4n) is 9.71. The third-order valence-electron chi connectivity index (χ3n) is 12.5. The van der Waals surface area contributed by atoms with E-state index in [0.29, 0.717) is 0 Å². The van der Waals surface area contributed by atoms with Gasteiger partial charge in [-0.05, 0) is 132 Å². The van der Waals surface area contributed by atoms with Crippen molar-refractivity contribution in [2.45, 2.75) is 0 Å². The molecule has 0 unspecified atom stereocenters. The number of benzene rings is 11. The molecule has 0 radical (unpaired) electrons. The molecule has 0 amide bonds. The molecule has 0 spiro atoms. The van der Waals surface area contributed by atoms with Gasteiger partial charge < -0.3 is 9.47 Å². The quantitative estimate of drug-likeness (QED) is 0.146. The Kier molecular flexibility index (Phi) is 8.53. The van der Waals surface area contributed by atoms with Crippen molar-refractivity contribution in [3.8, 4) is 39.1 Å². The topological polar surface area (TPSA) is 8.17 Å². The fourth-order valence-corrected chi connectivity index (χ4v) is 9.71. The van der Waals surface area contributed by atoms with E-state index in [1.807, 2.05) is 0 Å². The average molecular weight is 789 g/mol. The second kappa shape index (κ2) is 14.8. The van der Waals surface area contributed by atoms with Crippen molar-refractivity contribution in [2.75, 3.05) is 4.90 Å². The Balaban J connectivity index is 1.02. The van der Waals surface area contributed by atoms with Gasteiger partial charge >= 0.3 is 0 Å². The van der Waals surface area contributed by atoms with E-state index in [1.54, 1.807) is 0 Å². The summed E-state index contributed by atoms with van der Waals surface area (Å²) in [5.41, 5.74) is 14.2. The zero-order valence-electron chi connectivity index (χ0n) is 34.0. The Morgan fingerprint density at radius 2 is 0.710 bits per heavy atom. The van der Waals surface area contributed by atoms with Crippen LogP contribution in [0.2, 0.25) is 0 Å². The van der Waals surface area contributed by atoms with Crippen LogP contribution >= 0.6 is 0 Å². The van der Waals surface area contributed by atoms with Crippen LogP contribution in [0.1, 0.15) is 0 Å². The van der Waals surface area contributed by atoms with Gasteiger partial charge in [0.2, 0.25) is 0 Å². The molecule has 1 aromatic heterocycles. The molecule has 1 heterocycles. The van der Waals surface area contributed by atoms with E-state index in [9.17, 15) is 0 Å². The molecule has 62 heavy (non-hydrogen) atoms. The van der Waals surface area contributed by atoms with Crippen LogP contribution in [0.15, 0.2) is 243 Å². The molecule has 0 fully saturated rings. The fraction of sp³-hybridized carbons (Fsp3) is 0. The van der Waals surface area contributed by atoms with Crippen LogP contribution in [0.4, 0.5) is 17.1 Å². The first-order chi connectivity index (χ1) is 30.8. The summed E-state index contributed by atoms with van der Waals surface area (Å²) in [6.07, 6.45) is 0. The number of anilines is 3. The number of para-hydroxylation sites is 2. The zero-order valence-corrected chi connectivity index (χ0v) is 34.0. The second-order valence-corrected chi connectivity index (χ2v) is 16.1. The van der Waals surface area contributed by atoms with E-state index < -0.39 is 0 Å². The van der Waals surface area contributed by atoms with Gasteiger partial charge in [0.1, 0.15) is 0 Å². The third kappa shape index (κ3) is 5.96. The lowest BCUT2D eigenvalue weighted by Crippen LogP contribution is -2.10. The predicted molar refractivity (Wildman–Crippen MR) is 264 cm³/mol. The maximum absolute atomic E-state index is 2.40. The summed E-state index contributed by atoms with van der Waals surface area (Å²) in [4.78, 5) is 2.40. The van der Waals surface area contributed by atoms with Gasteiger partial charge in [0.15, 0.2) is 0 Å². The van der Waals surface area contributed by atoms with E-state index in [0.717, 1.165) is 22.7 Å². The molecular weight excluding hydrogens is 749 g/mol. The molecule has 12 aromatic rings. The normalized spacial score (nSPS) is 11.5. The van der Waals surface area contributed by atoms with E-state index in [1.165, 1.54) is 87.5 Å². The van der Waals surface area contributed by atoms with Crippen LogP contribution < -0.4 is 4.90 Å². The lowest BCUT2D eigenvalue weighted by Gasteiger charge is -2.26. The number of aromatic nitrogens is 1. The molecule has 2 heteroatoms. The van der Waals surface area contributed by atoms with E-state index in [2.05, 4.69) is 252 Å². The van der Waals surface area contributed by atoms with Gasteiger partial charge in [-0.25, -0.2) is 0 Å². The van der Waals surface area contributed by atoms with E-state index in [-0.39, 0.29) is 0 Å². The highest BCUT2D eigenvalue weighted by atomic mass is 15.1. The first-order valence-corrected chi connectivity index (χ1v) is 21.3. The average Bonchev–Trinajstić information content (AvgIpc) is 3.68. The summed E-state index contributed by atoms with van der Waals surface area (Å²) in [5.74, 6) is 0. The van der Waals surface area contributed by atoms with Gasteiger partial charge in [0.05, 0.1) is 11.0 Å². The molecule has 0 saturated heterocycles. The summed E-state index contributed by atoms with van der Waals surface area (Å²) >= 11 is 0. The van der Waals surface area contributed by atoms with Crippen molar-refractivity contribution < 1.29 is 0 Å². The predicted octanol–water partition coefficient (Wildman–Crippen LogP) is 16.7. The lowest BCUT2D eigenvalue weighted by molar-refractivity contribution is 1.18. The van der Waals surface area contributed by atoms with Gasteiger partial charge in [-0.2, -0.15) is 0 Å². The zero-order chi connectivity index (χ0) is 41.0. The Bertz CT molecular complexity index is 3550. The first kappa shape index (κ1) is 35.7. The standard InChI is InChI=1S/C60H40N2/c1-3-16-43(17-4-1)59-52-22-9-11-24-54(52)60(55-25-12-10-23-53(55)59)44-31-35-49(36-32-44)61(48-33-29-42(30-34-48)46-28-27-41-15-7-8-18-45(41)39-46)50-37-38-58-56(40-50)51-21-13-14-26-57(51)62(58)47-19-5-2-6-20-47/h1-40H. The second-order valence-electron chi connectivity index (χ2n) is 16.1. The van der Waals surface area contributed by atoms with Crippen molar-refractivity contribution in [2.24, 2.45) is 0 Å². The largest absolute Gasteiger partial charge is 0.310 e. The Labute approximate surface area is 360 Å². The van der Waals surface area contributed by atoms with Crippen molar-refractivity contribution in [3.05, 3.63) is 243 Å². The smallest absolute Gasteiger partial charge is 0.0542 e. The van der Waals surface area contributed by atoms with Crippen LogP contribution in [-0.2, 0) is 0 Å². The maximum Gasteiger partial charge on any atom is 0.0542 e. The van der Waals surface area contributed by atoms with Crippen molar-refractivity contribution in [3.63, 3.8) is 0 Å². The van der Waals surface area contributed by atoms with Gasteiger partial charge in [-0.1, -0.05) is 176 Å². The van der Waals surface area contributed by atoms with Crippen LogP contribution in [-0.4, -0.2) is 4.57 Å². The summed E-state index contributed by atoms with van der Waals surface area (Å²) in [7, 11) is 0. The monoisotopic (exact) mass is 788 g/mol. The summed E-state index contributed by atoms with van der Waals surface area (Å²) in [6.45, 7) is 0. The first-order valence-electron chi connectivity index (χ1n) is 21.3. The molecule has 0 atom stereocenters. The van der Waals surface area contributed by atoms with Crippen LogP contribution in [0.3, 0.4) is 0 Å². The maximum atomic E-state index is 2.40. The number of fused-ring (bicyclic) bond motifs is 6. The number of hydrogen-bond donors (Lipinski definition) is 0. The molecule has 0 bridgehead atoms. The molecule has 2 nitrogen and oxygen atoms in total. The highest BCUT2D eigenvalue weighted by Crippen LogP contribution is 2.45. The van der Waals surface area contributed by atoms with E-state index >= 15 is 0 Å². The number of hydrogen-bond acceptors (Lipinski definition) is 1. The van der Waals surface area contributed by atoms with Crippen LogP contribution in [0, 0.1) is 0 Å². The van der Waals surface area contributed by atoms with Gasteiger partial charge in [-0.3, -0.25) is 0 Å². The molecule has 290 valence electrons. The Morgan fingerprint density at radius 3 is 1.34 bits per heavy atom. The SMILES string of the molecule is c1ccc(-c2c3ccccc3c(-c3ccc(N(c4ccc(-c5ccc6ccccc6c5)cc4)c4ccc5c(c4)c4ccccc4n5-c4ccccc4)cc3)c3ccccc23)cc1. The molecule has 11 aromatic carbocycles. The van der Waals surface area contributed by atoms with Crippen LogP contribution in [0.5, 0.6) is 0 Å². The third-order valence-corrected chi connectivity index (χ3v) is 12.5. The molecule has 12 rings (SSSR count). The van der Waals surface area contributed by atoms with Crippen molar-refractivity contribution >= 4 is 71.2 Å². The van der Waals surface area contributed by atoms with Crippen molar-refractivity contribution in [1.29, 1.82) is 0 Å². The number of rotatable bonds is 7.